The van der Waals surface area contributed by atoms with Crippen molar-refractivity contribution in [3.05, 3.63) is 0 Å². The lowest BCUT2D eigenvalue weighted by Gasteiger charge is -2.16. The molecule has 0 aliphatic rings. The maximum atomic E-state index is 11.4. The summed E-state index contributed by atoms with van der Waals surface area (Å²) in [5.74, 6) is 0.354. The summed E-state index contributed by atoms with van der Waals surface area (Å²) in [7, 11) is 0. The smallest absolute Gasteiger partial charge is 0.220 e. The van der Waals surface area contributed by atoms with Crippen molar-refractivity contribution in [3.8, 4) is 0 Å². The zero-order valence-corrected chi connectivity index (χ0v) is 9.81. The summed E-state index contributed by atoms with van der Waals surface area (Å²) in [5.41, 5.74) is -0.370. The third-order valence-corrected chi connectivity index (χ3v) is 1.88. The van der Waals surface area contributed by atoms with Crippen LogP contribution in [0.4, 0.5) is 0 Å². The molecular weight excluding hydrogens is 178 g/mol. The molecule has 0 unspecified atom stereocenters. The van der Waals surface area contributed by atoms with Gasteiger partial charge in [-0.25, -0.2) is 0 Å². The van der Waals surface area contributed by atoms with Crippen LogP contribution in [-0.2, 0) is 9.59 Å². The molecule has 0 fully saturated rings. The number of hydrogen-bond donors (Lipinski definition) is 1. The highest BCUT2D eigenvalue weighted by Crippen LogP contribution is 2.13. The number of carbonyl (C=O) groups excluding carboxylic acids is 2. The van der Waals surface area contributed by atoms with E-state index in [2.05, 4.69) is 5.32 Å². The molecule has 0 aliphatic carbocycles. The topological polar surface area (TPSA) is 46.2 Å². The van der Waals surface area contributed by atoms with Gasteiger partial charge in [0.2, 0.25) is 5.91 Å². The van der Waals surface area contributed by atoms with Gasteiger partial charge in [-0.05, 0) is 5.92 Å². The highest BCUT2D eigenvalue weighted by atomic mass is 16.2. The Labute approximate surface area is 86.3 Å². The second kappa shape index (κ2) is 5.13. The maximum absolute atomic E-state index is 11.4. The third-order valence-electron chi connectivity index (χ3n) is 1.88. The number of amides is 1. The van der Waals surface area contributed by atoms with Gasteiger partial charge in [0, 0.05) is 11.8 Å². The van der Waals surface area contributed by atoms with Gasteiger partial charge in [-0.2, -0.15) is 0 Å². The summed E-state index contributed by atoms with van der Waals surface area (Å²) in [6, 6.07) is 0. The Bertz CT molecular complexity index is 214. The Hall–Kier alpha value is -0.860. The van der Waals surface area contributed by atoms with Crippen molar-refractivity contribution in [2.24, 2.45) is 11.3 Å². The summed E-state index contributed by atoms with van der Waals surface area (Å²) in [6.07, 6.45) is 0.484. The third kappa shape index (κ3) is 5.73. The van der Waals surface area contributed by atoms with E-state index in [0.29, 0.717) is 12.3 Å². The predicted molar refractivity (Wildman–Crippen MR) is 56.9 cm³/mol. The van der Waals surface area contributed by atoms with Crippen molar-refractivity contribution in [2.75, 3.05) is 6.54 Å². The lowest BCUT2D eigenvalue weighted by molar-refractivity contribution is -0.129. The summed E-state index contributed by atoms with van der Waals surface area (Å²) < 4.78 is 0. The highest BCUT2D eigenvalue weighted by Gasteiger charge is 2.21. The van der Waals surface area contributed by atoms with Gasteiger partial charge >= 0.3 is 0 Å². The molecule has 0 bridgehead atoms. The Balaban J connectivity index is 3.84. The molecule has 0 aromatic rings. The van der Waals surface area contributed by atoms with E-state index in [0.717, 1.165) is 0 Å². The first kappa shape index (κ1) is 13.1. The summed E-state index contributed by atoms with van der Waals surface area (Å²) in [6.45, 7) is 9.66. The lowest BCUT2D eigenvalue weighted by atomic mass is 9.91. The maximum Gasteiger partial charge on any atom is 0.220 e. The van der Waals surface area contributed by atoms with Gasteiger partial charge in [0.1, 0.15) is 0 Å². The minimum absolute atomic E-state index is 0.0439. The molecule has 0 atom stereocenters. The second-order valence-electron chi connectivity index (χ2n) is 5.05. The van der Waals surface area contributed by atoms with Gasteiger partial charge in [-0.3, -0.25) is 9.59 Å². The van der Waals surface area contributed by atoms with Crippen molar-refractivity contribution in [1.82, 2.24) is 5.32 Å². The average Bonchev–Trinajstić information content (AvgIpc) is 1.96. The van der Waals surface area contributed by atoms with E-state index in [-0.39, 0.29) is 23.7 Å². The van der Waals surface area contributed by atoms with Crippen LogP contribution in [0.15, 0.2) is 0 Å². The van der Waals surface area contributed by atoms with E-state index < -0.39 is 0 Å². The molecule has 0 rings (SSSR count). The van der Waals surface area contributed by atoms with Gasteiger partial charge in [0.25, 0.3) is 0 Å². The fourth-order valence-electron chi connectivity index (χ4n) is 0.887. The fraction of sp³-hybridized carbons (Fsp3) is 0.818. The molecule has 0 aromatic heterocycles. The van der Waals surface area contributed by atoms with E-state index in [9.17, 15) is 9.59 Å². The van der Waals surface area contributed by atoms with Crippen LogP contribution in [0.25, 0.3) is 0 Å². The zero-order chi connectivity index (χ0) is 11.4. The minimum atomic E-state index is -0.370. The van der Waals surface area contributed by atoms with Crippen molar-refractivity contribution < 1.29 is 9.59 Å². The largest absolute Gasteiger partial charge is 0.349 e. The molecule has 14 heavy (non-hydrogen) atoms. The Kier molecular flexibility index (Phi) is 4.81. The van der Waals surface area contributed by atoms with Gasteiger partial charge in [0.15, 0.2) is 5.78 Å². The van der Waals surface area contributed by atoms with Crippen LogP contribution in [0.5, 0.6) is 0 Å². The number of rotatable bonds is 4. The second-order valence-corrected chi connectivity index (χ2v) is 5.05. The highest BCUT2D eigenvalue weighted by molar-refractivity contribution is 5.89. The van der Waals surface area contributed by atoms with Gasteiger partial charge in [-0.15, -0.1) is 0 Å². The van der Waals surface area contributed by atoms with Crippen molar-refractivity contribution in [1.29, 1.82) is 0 Å². The molecular formula is C11H21NO2. The molecule has 82 valence electrons. The van der Waals surface area contributed by atoms with Gasteiger partial charge < -0.3 is 5.32 Å². The molecule has 3 heteroatoms. The Morgan fingerprint density at radius 3 is 2.07 bits per heavy atom. The fourth-order valence-corrected chi connectivity index (χ4v) is 0.887. The number of Topliss-reactive ketones (excluding diaryl/α,β-unsaturated/α-hetero) is 1. The van der Waals surface area contributed by atoms with E-state index in [1.54, 1.807) is 0 Å². The number of nitrogens with one attached hydrogen (secondary N) is 1. The van der Waals surface area contributed by atoms with Crippen LogP contribution in [0, 0.1) is 11.3 Å². The first-order valence-electron chi connectivity index (χ1n) is 5.03. The normalized spacial score (nSPS) is 11.6. The zero-order valence-electron chi connectivity index (χ0n) is 9.81. The number of hydrogen-bond acceptors (Lipinski definition) is 2. The summed E-state index contributed by atoms with van der Waals surface area (Å²) in [5, 5.41) is 2.63. The summed E-state index contributed by atoms with van der Waals surface area (Å²) in [4.78, 5) is 22.7. The first-order chi connectivity index (χ1) is 6.23. The molecule has 0 spiro atoms. The van der Waals surface area contributed by atoms with E-state index >= 15 is 0 Å². The molecule has 1 amide bonds. The predicted octanol–water partition coefficient (Wildman–Crippen LogP) is 1.76. The average molecular weight is 199 g/mol. The Morgan fingerprint density at radius 1 is 1.21 bits per heavy atom. The van der Waals surface area contributed by atoms with E-state index in [4.69, 9.17) is 0 Å². The van der Waals surface area contributed by atoms with Crippen molar-refractivity contribution in [3.63, 3.8) is 0 Å². The Morgan fingerprint density at radius 2 is 1.71 bits per heavy atom. The minimum Gasteiger partial charge on any atom is -0.349 e. The molecule has 0 saturated carbocycles. The standard InChI is InChI=1S/C11H21NO2/c1-8(2)6-10(14)12-7-9(13)11(3,4)5/h8H,6-7H2,1-5H3,(H,12,14). The van der Waals surface area contributed by atoms with Crippen molar-refractivity contribution >= 4 is 11.7 Å². The molecule has 0 aromatic carbocycles. The van der Waals surface area contributed by atoms with Crippen LogP contribution in [0.3, 0.4) is 0 Å². The molecule has 1 N–H and O–H groups in total. The van der Waals surface area contributed by atoms with Gasteiger partial charge in [0.05, 0.1) is 6.54 Å². The summed E-state index contributed by atoms with van der Waals surface area (Å²) >= 11 is 0. The molecule has 0 saturated heterocycles. The van der Waals surface area contributed by atoms with Gasteiger partial charge in [-0.1, -0.05) is 34.6 Å². The SMILES string of the molecule is CC(C)CC(=O)NCC(=O)C(C)(C)C. The molecule has 0 heterocycles. The quantitative estimate of drug-likeness (QED) is 0.750. The van der Waals surface area contributed by atoms with Crippen LogP contribution >= 0.6 is 0 Å². The van der Waals surface area contributed by atoms with Crippen LogP contribution in [0.2, 0.25) is 0 Å². The molecule has 0 radical (unpaired) electrons. The van der Waals surface area contributed by atoms with Crippen LogP contribution < -0.4 is 5.32 Å². The van der Waals surface area contributed by atoms with Crippen molar-refractivity contribution in [2.45, 2.75) is 41.0 Å². The van der Waals surface area contributed by atoms with Crippen LogP contribution in [0.1, 0.15) is 41.0 Å². The number of ketones is 1. The van der Waals surface area contributed by atoms with E-state index in [1.807, 2.05) is 34.6 Å². The lowest BCUT2D eigenvalue weighted by Crippen LogP contribution is -2.35. The van der Waals surface area contributed by atoms with E-state index in [1.165, 1.54) is 0 Å². The molecule has 0 aliphatic heterocycles. The molecule has 3 nitrogen and oxygen atoms in total. The van der Waals surface area contributed by atoms with Crippen LogP contribution in [-0.4, -0.2) is 18.2 Å². The first-order valence-corrected chi connectivity index (χ1v) is 5.03. The number of carbonyl (C=O) groups is 2. The monoisotopic (exact) mass is 199 g/mol.